The number of aryl methyl sites for hydroxylation is 2. The van der Waals surface area contributed by atoms with Crippen LogP contribution in [0.3, 0.4) is 0 Å². The van der Waals surface area contributed by atoms with Gasteiger partial charge < -0.3 is 10.2 Å². The average Bonchev–Trinajstić information content (AvgIpc) is 2.41. The predicted octanol–water partition coefficient (Wildman–Crippen LogP) is 1.46. The quantitative estimate of drug-likeness (QED) is 0.879. The van der Waals surface area contributed by atoms with Crippen LogP contribution in [-0.4, -0.2) is 41.4 Å². The van der Waals surface area contributed by atoms with Crippen molar-refractivity contribution in [1.82, 2.24) is 20.5 Å². The Morgan fingerprint density at radius 3 is 2.28 bits per heavy atom. The summed E-state index contributed by atoms with van der Waals surface area (Å²) < 4.78 is 0. The van der Waals surface area contributed by atoms with Crippen molar-refractivity contribution in [2.45, 2.75) is 51.6 Å². The highest BCUT2D eigenvalue weighted by atomic mass is 15.3. The monoisotopic (exact) mass is 249 g/mol. The smallest absolute Gasteiger partial charge is 0.245 e. The van der Waals surface area contributed by atoms with Crippen LogP contribution >= 0.6 is 0 Å². The maximum atomic E-state index is 4.52. The summed E-state index contributed by atoms with van der Waals surface area (Å²) in [5, 5.41) is 11.7. The first-order valence-electron chi connectivity index (χ1n) is 6.70. The molecule has 5 heteroatoms. The first-order valence-corrected chi connectivity index (χ1v) is 6.70. The molecule has 1 aliphatic carbocycles. The minimum absolute atomic E-state index is 0.540. The van der Waals surface area contributed by atoms with Gasteiger partial charge in [-0.1, -0.05) is 0 Å². The second-order valence-electron chi connectivity index (χ2n) is 5.19. The van der Waals surface area contributed by atoms with E-state index in [1.807, 2.05) is 20.9 Å². The van der Waals surface area contributed by atoms with Crippen molar-refractivity contribution < 1.29 is 0 Å². The minimum Gasteiger partial charge on any atom is -0.340 e. The Bertz CT molecular complexity index is 398. The molecule has 0 aromatic carbocycles. The molecule has 1 aliphatic rings. The van der Waals surface area contributed by atoms with E-state index in [4.69, 9.17) is 0 Å². The zero-order valence-corrected chi connectivity index (χ0v) is 11.8. The number of anilines is 1. The van der Waals surface area contributed by atoms with Crippen LogP contribution in [0.25, 0.3) is 0 Å². The number of nitrogens with zero attached hydrogens (tertiary/aromatic N) is 4. The summed E-state index contributed by atoms with van der Waals surface area (Å²) in [6.45, 7) is 3.93. The molecule has 0 atom stereocenters. The van der Waals surface area contributed by atoms with Crippen LogP contribution in [0, 0.1) is 13.8 Å². The first-order chi connectivity index (χ1) is 8.61. The van der Waals surface area contributed by atoms with Crippen LogP contribution < -0.4 is 10.2 Å². The van der Waals surface area contributed by atoms with E-state index >= 15 is 0 Å². The SMILES string of the molecule is CNC1CCC(N(C)c2nnc(C)c(C)n2)CC1. The molecule has 0 radical (unpaired) electrons. The molecular formula is C13H23N5. The molecule has 0 bridgehead atoms. The van der Waals surface area contributed by atoms with Crippen molar-refractivity contribution in [3.05, 3.63) is 11.4 Å². The van der Waals surface area contributed by atoms with Crippen molar-refractivity contribution in [2.75, 3.05) is 19.0 Å². The number of aromatic nitrogens is 3. The van der Waals surface area contributed by atoms with Gasteiger partial charge >= 0.3 is 0 Å². The number of nitrogens with one attached hydrogen (secondary N) is 1. The van der Waals surface area contributed by atoms with Crippen molar-refractivity contribution >= 4 is 5.95 Å². The van der Waals surface area contributed by atoms with E-state index in [1.54, 1.807) is 0 Å². The average molecular weight is 249 g/mol. The minimum atomic E-state index is 0.540. The normalized spacial score (nSPS) is 24.0. The van der Waals surface area contributed by atoms with Crippen molar-refractivity contribution in [2.24, 2.45) is 0 Å². The molecule has 2 rings (SSSR count). The summed E-state index contributed by atoms with van der Waals surface area (Å²) in [6, 6.07) is 1.21. The molecule has 5 nitrogen and oxygen atoms in total. The Kier molecular flexibility index (Phi) is 4.11. The molecule has 0 spiro atoms. The van der Waals surface area contributed by atoms with E-state index in [-0.39, 0.29) is 0 Å². The lowest BCUT2D eigenvalue weighted by atomic mass is 9.90. The largest absolute Gasteiger partial charge is 0.340 e. The lowest BCUT2D eigenvalue weighted by Crippen LogP contribution is -2.40. The lowest BCUT2D eigenvalue weighted by Gasteiger charge is -2.34. The molecule has 1 N–H and O–H groups in total. The van der Waals surface area contributed by atoms with Gasteiger partial charge in [0.1, 0.15) is 0 Å². The third-order valence-electron chi connectivity index (χ3n) is 4.05. The second kappa shape index (κ2) is 5.61. The van der Waals surface area contributed by atoms with E-state index in [0.717, 1.165) is 17.3 Å². The highest BCUT2D eigenvalue weighted by molar-refractivity contribution is 5.30. The zero-order chi connectivity index (χ0) is 13.1. The molecule has 1 aromatic heterocycles. The summed E-state index contributed by atoms with van der Waals surface area (Å²) in [4.78, 5) is 6.71. The Morgan fingerprint density at radius 1 is 1.06 bits per heavy atom. The van der Waals surface area contributed by atoms with Gasteiger partial charge in [-0.25, -0.2) is 4.98 Å². The first kappa shape index (κ1) is 13.2. The zero-order valence-electron chi connectivity index (χ0n) is 11.8. The molecule has 18 heavy (non-hydrogen) atoms. The summed E-state index contributed by atoms with van der Waals surface area (Å²) >= 11 is 0. The molecule has 1 heterocycles. The van der Waals surface area contributed by atoms with Crippen molar-refractivity contribution in [3.8, 4) is 0 Å². The topological polar surface area (TPSA) is 53.9 Å². The maximum Gasteiger partial charge on any atom is 0.245 e. The van der Waals surface area contributed by atoms with Crippen LogP contribution in [0.15, 0.2) is 0 Å². The molecular weight excluding hydrogens is 226 g/mol. The van der Waals surface area contributed by atoms with Gasteiger partial charge in [0, 0.05) is 19.1 Å². The summed E-state index contributed by atoms with van der Waals surface area (Å²) in [6.07, 6.45) is 4.84. The van der Waals surface area contributed by atoms with E-state index in [9.17, 15) is 0 Å². The van der Waals surface area contributed by atoms with Crippen molar-refractivity contribution in [3.63, 3.8) is 0 Å². The molecule has 0 aliphatic heterocycles. The lowest BCUT2D eigenvalue weighted by molar-refractivity contribution is 0.349. The van der Waals surface area contributed by atoms with Crippen molar-refractivity contribution in [1.29, 1.82) is 0 Å². The Morgan fingerprint density at radius 2 is 1.72 bits per heavy atom. The Hall–Kier alpha value is -1.23. The molecule has 1 aromatic rings. The predicted molar refractivity (Wildman–Crippen MR) is 72.8 cm³/mol. The van der Waals surface area contributed by atoms with Crippen LogP contribution in [0.1, 0.15) is 37.1 Å². The fraction of sp³-hybridized carbons (Fsp3) is 0.769. The molecule has 0 unspecified atom stereocenters. The third kappa shape index (κ3) is 2.77. The summed E-state index contributed by atoms with van der Waals surface area (Å²) in [7, 11) is 4.13. The second-order valence-corrected chi connectivity index (χ2v) is 5.19. The Balaban J connectivity index is 2.03. The van der Waals surface area contributed by atoms with Gasteiger partial charge in [-0.3, -0.25) is 0 Å². The van der Waals surface area contributed by atoms with Gasteiger partial charge in [0.05, 0.1) is 11.4 Å². The van der Waals surface area contributed by atoms with Crippen LogP contribution in [0.5, 0.6) is 0 Å². The van der Waals surface area contributed by atoms with Crippen LogP contribution in [0.4, 0.5) is 5.95 Å². The summed E-state index contributed by atoms with van der Waals surface area (Å²) in [5.41, 5.74) is 1.88. The van der Waals surface area contributed by atoms with Gasteiger partial charge in [0.2, 0.25) is 5.95 Å². The van der Waals surface area contributed by atoms with Gasteiger partial charge in [-0.2, -0.15) is 5.10 Å². The van der Waals surface area contributed by atoms with E-state index < -0.39 is 0 Å². The molecule has 0 amide bonds. The molecule has 0 saturated heterocycles. The number of hydrogen-bond donors (Lipinski definition) is 1. The van der Waals surface area contributed by atoms with Gasteiger partial charge in [-0.05, 0) is 46.6 Å². The third-order valence-corrected chi connectivity index (χ3v) is 4.05. The molecule has 1 saturated carbocycles. The van der Waals surface area contributed by atoms with E-state index in [1.165, 1.54) is 25.7 Å². The van der Waals surface area contributed by atoms with Crippen LogP contribution in [-0.2, 0) is 0 Å². The summed E-state index contributed by atoms with van der Waals surface area (Å²) in [5.74, 6) is 0.756. The number of hydrogen-bond acceptors (Lipinski definition) is 5. The van der Waals surface area contributed by atoms with Gasteiger partial charge in [0.15, 0.2) is 0 Å². The number of rotatable bonds is 3. The van der Waals surface area contributed by atoms with E-state index in [0.29, 0.717) is 12.1 Å². The fourth-order valence-electron chi connectivity index (χ4n) is 2.51. The molecule has 1 fully saturated rings. The fourth-order valence-corrected chi connectivity index (χ4v) is 2.51. The highest BCUT2D eigenvalue weighted by Gasteiger charge is 2.24. The van der Waals surface area contributed by atoms with Gasteiger partial charge in [-0.15, -0.1) is 5.10 Å². The Labute approximate surface area is 109 Å². The standard InChI is InChI=1S/C13H23N5/c1-9-10(2)16-17-13(15-9)18(4)12-7-5-11(14-3)6-8-12/h11-12,14H,5-8H2,1-4H3. The van der Waals surface area contributed by atoms with Crippen LogP contribution in [0.2, 0.25) is 0 Å². The maximum absolute atomic E-state index is 4.52. The highest BCUT2D eigenvalue weighted by Crippen LogP contribution is 2.24. The van der Waals surface area contributed by atoms with Gasteiger partial charge in [0.25, 0.3) is 0 Å². The van der Waals surface area contributed by atoms with E-state index in [2.05, 4.69) is 32.4 Å². The molecule has 100 valence electrons.